The molecule has 0 bridgehead atoms. The minimum absolute atomic E-state index is 0.0836. The van der Waals surface area contributed by atoms with Crippen molar-refractivity contribution >= 4 is 11.5 Å². The minimum Gasteiger partial charge on any atom is -0.406 e. The van der Waals surface area contributed by atoms with Crippen molar-refractivity contribution in [1.29, 1.82) is 0 Å². The third-order valence-electron chi connectivity index (χ3n) is 3.24. The van der Waals surface area contributed by atoms with Crippen LogP contribution >= 0.6 is 0 Å². The van der Waals surface area contributed by atoms with Gasteiger partial charge in [-0.1, -0.05) is 0 Å². The van der Waals surface area contributed by atoms with E-state index in [9.17, 15) is 28.1 Å². The maximum atomic E-state index is 12.6. The molecule has 0 aliphatic carbocycles. The first-order valence-electron chi connectivity index (χ1n) is 7.09. The number of halogens is 3. The first-order chi connectivity index (χ1) is 11.4. The van der Waals surface area contributed by atoms with Crippen molar-refractivity contribution in [2.24, 2.45) is 0 Å². The van der Waals surface area contributed by atoms with E-state index < -0.39 is 34.1 Å². The maximum Gasteiger partial charge on any atom is 0.573 e. The molecule has 0 unspecified atom stereocenters. The second-order valence-corrected chi connectivity index (χ2v) is 5.96. The number of nitro groups is 1. The largest absolute Gasteiger partial charge is 0.573 e. The molecule has 25 heavy (non-hydrogen) atoms. The van der Waals surface area contributed by atoms with Gasteiger partial charge in [0.1, 0.15) is 16.9 Å². The van der Waals surface area contributed by atoms with Crippen LogP contribution in [-0.4, -0.2) is 41.3 Å². The molecule has 0 saturated heterocycles. The van der Waals surface area contributed by atoms with Crippen LogP contribution in [-0.2, 0) is 4.84 Å². The zero-order valence-electron chi connectivity index (χ0n) is 13.6. The highest BCUT2D eigenvalue weighted by Gasteiger charge is 2.34. The van der Waals surface area contributed by atoms with E-state index in [-0.39, 0.29) is 17.7 Å². The fourth-order valence-corrected chi connectivity index (χ4v) is 2.53. The van der Waals surface area contributed by atoms with Crippen LogP contribution in [0.15, 0.2) is 29.8 Å². The molecule has 1 aromatic rings. The third-order valence-corrected chi connectivity index (χ3v) is 3.24. The number of nitro benzene ring substituents is 1. The van der Waals surface area contributed by atoms with Crippen LogP contribution < -0.4 is 4.74 Å². The molecule has 7 nitrogen and oxygen atoms in total. The molecule has 0 radical (unpaired) electrons. The number of nitrogens with zero attached hydrogens (tertiary/aromatic N) is 2. The lowest BCUT2D eigenvalue weighted by Crippen LogP contribution is -2.39. The predicted molar refractivity (Wildman–Crippen MR) is 80.0 cm³/mol. The van der Waals surface area contributed by atoms with Gasteiger partial charge in [-0.25, -0.2) is 0 Å². The van der Waals surface area contributed by atoms with Gasteiger partial charge in [-0.2, -0.15) is 5.06 Å². The highest BCUT2D eigenvalue weighted by Crippen LogP contribution is 2.31. The Hall–Kier alpha value is -2.46. The maximum absolute atomic E-state index is 12.6. The zero-order chi connectivity index (χ0) is 19.0. The molecular weight excluding hydrogens is 345 g/mol. The highest BCUT2D eigenvalue weighted by molar-refractivity contribution is 6.11. The van der Waals surface area contributed by atoms with Crippen molar-refractivity contribution in [3.05, 3.63) is 45.5 Å². The lowest BCUT2D eigenvalue weighted by Gasteiger charge is -2.33. The molecule has 0 aromatic heterocycles. The molecule has 1 aliphatic heterocycles. The van der Waals surface area contributed by atoms with Crippen LogP contribution in [0, 0.1) is 10.1 Å². The van der Waals surface area contributed by atoms with E-state index in [2.05, 4.69) is 4.74 Å². The SMILES string of the molecule is CN1CC(C(=O)c2ccc(OC(F)(F)F)cc2[N+](=O)[O-])=CC(C)(C)O1. The van der Waals surface area contributed by atoms with E-state index in [1.807, 2.05) is 0 Å². The fraction of sp³-hybridized carbons (Fsp3) is 0.400. The van der Waals surface area contributed by atoms with Gasteiger partial charge in [-0.15, -0.1) is 13.2 Å². The number of ether oxygens (including phenoxy) is 1. The molecule has 0 N–H and O–H groups in total. The summed E-state index contributed by atoms with van der Waals surface area (Å²) in [7, 11) is 1.59. The molecule has 0 fully saturated rings. The van der Waals surface area contributed by atoms with E-state index in [1.165, 1.54) is 11.1 Å². The van der Waals surface area contributed by atoms with Crippen molar-refractivity contribution in [3.63, 3.8) is 0 Å². The second kappa shape index (κ2) is 6.45. The van der Waals surface area contributed by atoms with Gasteiger partial charge >= 0.3 is 6.36 Å². The summed E-state index contributed by atoms with van der Waals surface area (Å²) in [5, 5.41) is 12.6. The number of carbonyl (C=O) groups is 1. The predicted octanol–water partition coefficient (Wildman–Crippen LogP) is 3.26. The third kappa shape index (κ3) is 4.77. The Morgan fingerprint density at radius 3 is 2.56 bits per heavy atom. The molecular formula is C15H15F3N2O5. The van der Waals surface area contributed by atoms with Crippen LogP contribution in [0.3, 0.4) is 0 Å². The summed E-state index contributed by atoms with van der Waals surface area (Å²) in [6.07, 6.45) is -3.46. The highest BCUT2D eigenvalue weighted by atomic mass is 19.4. The summed E-state index contributed by atoms with van der Waals surface area (Å²) in [6.45, 7) is 3.48. The summed E-state index contributed by atoms with van der Waals surface area (Å²) >= 11 is 0. The van der Waals surface area contributed by atoms with E-state index in [0.29, 0.717) is 6.07 Å². The first kappa shape index (κ1) is 18.9. The molecule has 0 saturated carbocycles. The van der Waals surface area contributed by atoms with Crippen molar-refractivity contribution in [1.82, 2.24) is 5.06 Å². The number of hydrogen-bond acceptors (Lipinski definition) is 6. The van der Waals surface area contributed by atoms with Gasteiger partial charge in [0.15, 0.2) is 5.78 Å². The molecule has 0 atom stereocenters. The number of ketones is 1. The van der Waals surface area contributed by atoms with Gasteiger partial charge < -0.3 is 4.74 Å². The van der Waals surface area contributed by atoms with Gasteiger partial charge in [0, 0.05) is 12.6 Å². The number of likely N-dealkylation sites (N-methyl/N-ethyl adjacent to an activating group) is 1. The second-order valence-electron chi connectivity index (χ2n) is 5.96. The van der Waals surface area contributed by atoms with Crippen molar-refractivity contribution < 1.29 is 32.5 Å². The number of rotatable bonds is 4. The van der Waals surface area contributed by atoms with Crippen LogP contribution in [0.4, 0.5) is 18.9 Å². The molecule has 1 heterocycles. The van der Waals surface area contributed by atoms with Gasteiger partial charge in [-0.3, -0.25) is 19.7 Å². The number of alkyl halides is 3. The number of Topliss-reactive ketones (excluding diaryl/α,β-unsaturated/α-hetero) is 1. The van der Waals surface area contributed by atoms with Crippen molar-refractivity contribution in [2.45, 2.75) is 25.8 Å². The summed E-state index contributed by atoms with van der Waals surface area (Å²) in [6, 6.07) is 2.39. The summed E-state index contributed by atoms with van der Waals surface area (Å²) in [4.78, 5) is 28.4. The van der Waals surface area contributed by atoms with Gasteiger partial charge in [0.25, 0.3) is 5.69 Å². The number of hydrogen-bond donors (Lipinski definition) is 0. The standard InChI is InChI=1S/C15H15F3N2O5/c1-14(2)7-9(8-19(3)25-14)13(21)11-5-4-10(24-15(16,17)18)6-12(11)20(22)23/h4-7H,8H2,1-3H3. The Kier molecular flexibility index (Phi) is 4.87. The molecule has 1 aromatic carbocycles. The smallest absolute Gasteiger partial charge is 0.406 e. The summed E-state index contributed by atoms with van der Waals surface area (Å²) < 4.78 is 40.5. The number of benzene rings is 1. The van der Waals surface area contributed by atoms with Crippen LogP contribution in [0.1, 0.15) is 24.2 Å². The molecule has 0 spiro atoms. The van der Waals surface area contributed by atoms with Crippen LogP contribution in [0.25, 0.3) is 0 Å². The van der Waals surface area contributed by atoms with E-state index in [0.717, 1.165) is 12.1 Å². The number of hydroxylamine groups is 2. The van der Waals surface area contributed by atoms with Gasteiger partial charge in [0.2, 0.25) is 0 Å². The average molecular weight is 360 g/mol. The lowest BCUT2D eigenvalue weighted by atomic mass is 9.95. The first-order valence-corrected chi connectivity index (χ1v) is 7.09. The quantitative estimate of drug-likeness (QED) is 0.466. The molecule has 2 rings (SSSR count). The number of carbonyl (C=O) groups excluding carboxylic acids is 1. The monoisotopic (exact) mass is 360 g/mol. The van der Waals surface area contributed by atoms with Gasteiger partial charge in [0.05, 0.1) is 17.5 Å². The van der Waals surface area contributed by atoms with Gasteiger partial charge in [-0.05, 0) is 32.1 Å². The molecule has 1 aliphatic rings. The molecule has 0 amide bonds. The minimum atomic E-state index is -4.99. The van der Waals surface area contributed by atoms with Crippen LogP contribution in [0.5, 0.6) is 5.75 Å². The topological polar surface area (TPSA) is 81.9 Å². The summed E-state index contributed by atoms with van der Waals surface area (Å²) in [5.74, 6) is -1.43. The van der Waals surface area contributed by atoms with E-state index in [1.54, 1.807) is 20.9 Å². The van der Waals surface area contributed by atoms with Crippen molar-refractivity contribution in [2.75, 3.05) is 13.6 Å². The Morgan fingerprint density at radius 1 is 1.40 bits per heavy atom. The van der Waals surface area contributed by atoms with Crippen molar-refractivity contribution in [3.8, 4) is 5.75 Å². The normalized spacial score (nSPS) is 17.8. The average Bonchev–Trinajstić information content (AvgIpc) is 2.42. The Morgan fingerprint density at radius 2 is 2.04 bits per heavy atom. The Bertz CT molecular complexity index is 743. The molecule has 136 valence electrons. The zero-order valence-corrected chi connectivity index (χ0v) is 13.6. The van der Waals surface area contributed by atoms with E-state index in [4.69, 9.17) is 4.84 Å². The Balaban J connectivity index is 2.43. The Labute approximate surface area is 140 Å². The van der Waals surface area contributed by atoms with E-state index >= 15 is 0 Å². The van der Waals surface area contributed by atoms with Crippen LogP contribution in [0.2, 0.25) is 0 Å². The molecule has 10 heteroatoms. The fourth-order valence-electron chi connectivity index (χ4n) is 2.53. The lowest BCUT2D eigenvalue weighted by molar-refractivity contribution is -0.385. The summed E-state index contributed by atoms with van der Waals surface area (Å²) in [5.41, 5.74) is -1.64.